The van der Waals surface area contributed by atoms with Gasteiger partial charge >= 0.3 is 0 Å². The predicted octanol–water partition coefficient (Wildman–Crippen LogP) is 2.54. The Morgan fingerprint density at radius 1 is 1.45 bits per heavy atom. The van der Waals surface area contributed by atoms with Crippen LogP contribution in [-0.2, 0) is 10.3 Å². The largest absolute Gasteiger partial charge is 0.489 e. The van der Waals surface area contributed by atoms with E-state index in [1.54, 1.807) is 0 Å². The zero-order valence-corrected chi connectivity index (χ0v) is 12.2. The monoisotopic (exact) mass is 275 g/mol. The van der Waals surface area contributed by atoms with E-state index in [2.05, 4.69) is 16.5 Å². The molecule has 1 aliphatic heterocycles. The zero-order chi connectivity index (χ0) is 14.3. The van der Waals surface area contributed by atoms with E-state index in [1.807, 2.05) is 32.0 Å². The Hall–Kier alpha value is -1.75. The van der Waals surface area contributed by atoms with Gasteiger partial charge in [-0.2, -0.15) is 0 Å². The van der Waals surface area contributed by atoms with Gasteiger partial charge in [-0.05, 0) is 39.3 Å². The standard InChI is InChI=1S/C15H21N3O2/c1-10(2)20-12-6-4-5-11-13(12)17-14(16)18(11)15(3)7-8-19-9-15/h4-6,10H,7-9H2,1-3H3,(H2,16,17). The number of ether oxygens (including phenoxy) is 2. The van der Waals surface area contributed by atoms with Gasteiger partial charge in [0.05, 0.1) is 23.8 Å². The second-order valence-corrected chi connectivity index (χ2v) is 5.90. The summed E-state index contributed by atoms with van der Waals surface area (Å²) in [6.07, 6.45) is 1.05. The Morgan fingerprint density at radius 2 is 2.25 bits per heavy atom. The summed E-state index contributed by atoms with van der Waals surface area (Å²) in [5, 5.41) is 0. The molecule has 0 radical (unpaired) electrons. The van der Waals surface area contributed by atoms with E-state index >= 15 is 0 Å². The lowest BCUT2D eigenvalue weighted by atomic mass is 10.0. The SMILES string of the molecule is CC(C)Oc1cccc2c1nc(N)n2C1(C)CCOC1. The second-order valence-electron chi connectivity index (χ2n) is 5.90. The third-order valence-corrected chi connectivity index (χ3v) is 3.77. The van der Waals surface area contributed by atoms with Crippen molar-refractivity contribution < 1.29 is 9.47 Å². The van der Waals surface area contributed by atoms with Gasteiger partial charge < -0.3 is 19.8 Å². The summed E-state index contributed by atoms with van der Waals surface area (Å²) in [6.45, 7) is 7.60. The predicted molar refractivity (Wildman–Crippen MR) is 79.0 cm³/mol. The van der Waals surface area contributed by atoms with E-state index in [0.29, 0.717) is 12.6 Å². The number of anilines is 1. The van der Waals surface area contributed by atoms with Gasteiger partial charge in [-0.3, -0.25) is 0 Å². The van der Waals surface area contributed by atoms with Crippen molar-refractivity contribution in [1.82, 2.24) is 9.55 Å². The molecule has 0 spiro atoms. The van der Waals surface area contributed by atoms with Crippen molar-refractivity contribution in [1.29, 1.82) is 0 Å². The number of benzene rings is 1. The Labute approximate surface area is 118 Å². The third-order valence-electron chi connectivity index (χ3n) is 3.77. The first-order valence-corrected chi connectivity index (χ1v) is 7.03. The maximum Gasteiger partial charge on any atom is 0.201 e. The third kappa shape index (κ3) is 2.02. The maximum atomic E-state index is 6.16. The van der Waals surface area contributed by atoms with Crippen molar-refractivity contribution in [2.45, 2.75) is 38.8 Å². The highest BCUT2D eigenvalue weighted by atomic mass is 16.5. The zero-order valence-electron chi connectivity index (χ0n) is 12.2. The molecule has 2 N–H and O–H groups in total. The molecule has 1 fully saturated rings. The van der Waals surface area contributed by atoms with Crippen LogP contribution in [0.3, 0.4) is 0 Å². The molecule has 1 unspecified atom stereocenters. The number of para-hydroxylation sites is 1. The molecule has 0 saturated carbocycles. The average molecular weight is 275 g/mol. The molecule has 1 aromatic carbocycles. The molecular weight excluding hydrogens is 254 g/mol. The van der Waals surface area contributed by atoms with E-state index in [-0.39, 0.29) is 11.6 Å². The molecule has 0 bridgehead atoms. The van der Waals surface area contributed by atoms with Gasteiger partial charge in [0, 0.05) is 6.61 Å². The Balaban J connectivity index is 2.17. The molecule has 5 nitrogen and oxygen atoms in total. The van der Waals surface area contributed by atoms with Gasteiger partial charge in [0.15, 0.2) is 0 Å². The molecule has 5 heteroatoms. The van der Waals surface area contributed by atoms with Crippen molar-refractivity contribution in [3.05, 3.63) is 18.2 Å². The normalized spacial score (nSPS) is 22.8. The molecular formula is C15H21N3O2. The molecule has 1 aromatic heterocycles. The number of fused-ring (bicyclic) bond motifs is 1. The molecule has 20 heavy (non-hydrogen) atoms. The van der Waals surface area contributed by atoms with Gasteiger partial charge in [-0.1, -0.05) is 6.07 Å². The van der Waals surface area contributed by atoms with Gasteiger partial charge in [-0.25, -0.2) is 4.98 Å². The van der Waals surface area contributed by atoms with Crippen LogP contribution in [0.25, 0.3) is 11.0 Å². The van der Waals surface area contributed by atoms with Crippen LogP contribution in [-0.4, -0.2) is 28.9 Å². The summed E-state index contributed by atoms with van der Waals surface area (Å²) in [7, 11) is 0. The smallest absolute Gasteiger partial charge is 0.201 e. The fraction of sp³-hybridized carbons (Fsp3) is 0.533. The summed E-state index contributed by atoms with van der Waals surface area (Å²) in [6, 6.07) is 5.96. The van der Waals surface area contributed by atoms with Crippen LogP contribution in [0.4, 0.5) is 5.95 Å². The highest BCUT2D eigenvalue weighted by molar-refractivity contribution is 5.84. The fourth-order valence-electron chi connectivity index (χ4n) is 2.84. The fourth-order valence-corrected chi connectivity index (χ4v) is 2.84. The van der Waals surface area contributed by atoms with Gasteiger partial charge in [0.25, 0.3) is 0 Å². The lowest BCUT2D eigenvalue weighted by Gasteiger charge is -2.26. The van der Waals surface area contributed by atoms with Crippen molar-refractivity contribution in [2.24, 2.45) is 0 Å². The number of rotatable bonds is 3. The highest BCUT2D eigenvalue weighted by Crippen LogP contribution is 2.36. The molecule has 108 valence electrons. The summed E-state index contributed by atoms with van der Waals surface area (Å²) in [5.41, 5.74) is 7.86. The molecule has 1 aliphatic rings. The van der Waals surface area contributed by atoms with Crippen LogP contribution in [0.2, 0.25) is 0 Å². The lowest BCUT2D eigenvalue weighted by molar-refractivity contribution is 0.164. The minimum absolute atomic E-state index is 0.109. The topological polar surface area (TPSA) is 62.3 Å². The molecule has 0 amide bonds. The Morgan fingerprint density at radius 3 is 2.90 bits per heavy atom. The number of nitrogen functional groups attached to an aromatic ring is 1. The van der Waals surface area contributed by atoms with Gasteiger partial charge in [0.2, 0.25) is 5.95 Å². The van der Waals surface area contributed by atoms with Crippen LogP contribution < -0.4 is 10.5 Å². The first-order chi connectivity index (χ1) is 9.51. The summed E-state index contributed by atoms with van der Waals surface area (Å²) < 4.78 is 13.5. The molecule has 2 aromatic rings. The number of aromatic nitrogens is 2. The molecule has 0 aliphatic carbocycles. The van der Waals surface area contributed by atoms with E-state index in [1.165, 1.54) is 0 Å². The van der Waals surface area contributed by atoms with E-state index in [9.17, 15) is 0 Å². The minimum atomic E-state index is -0.130. The van der Waals surface area contributed by atoms with Gasteiger partial charge in [-0.15, -0.1) is 0 Å². The van der Waals surface area contributed by atoms with E-state index in [4.69, 9.17) is 15.2 Å². The summed E-state index contributed by atoms with van der Waals surface area (Å²) >= 11 is 0. The van der Waals surface area contributed by atoms with Gasteiger partial charge in [0.1, 0.15) is 11.3 Å². The Bertz CT molecular complexity index is 627. The number of hydrogen-bond donors (Lipinski definition) is 1. The number of nitrogens with two attached hydrogens (primary N) is 1. The molecule has 1 atom stereocenters. The first-order valence-electron chi connectivity index (χ1n) is 7.03. The van der Waals surface area contributed by atoms with Crippen LogP contribution in [0.1, 0.15) is 27.2 Å². The van der Waals surface area contributed by atoms with Crippen LogP contribution in [0.15, 0.2) is 18.2 Å². The van der Waals surface area contributed by atoms with E-state index in [0.717, 1.165) is 29.8 Å². The lowest BCUT2D eigenvalue weighted by Crippen LogP contribution is -2.31. The van der Waals surface area contributed by atoms with E-state index < -0.39 is 0 Å². The van der Waals surface area contributed by atoms with Crippen molar-refractivity contribution in [3.8, 4) is 5.75 Å². The second kappa shape index (κ2) is 4.66. The molecule has 1 saturated heterocycles. The number of imidazole rings is 1. The summed E-state index contributed by atoms with van der Waals surface area (Å²) in [5.74, 6) is 1.30. The first kappa shape index (κ1) is 13.2. The minimum Gasteiger partial charge on any atom is -0.489 e. The van der Waals surface area contributed by atoms with Crippen molar-refractivity contribution in [2.75, 3.05) is 18.9 Å². The Kier molecular flexibility index (Phi) is 3.09. The maximum absolute atomic E-state index is 6.16. The van der Waals surface area contributed by atoms with Crippen molar-refractivity contribution in [3.63, 3.8) is 0 Å². The quantitative estimate of drug-likeness (QED) is 0.935. The highest BCUT2D eigenvalue weighted by Gasteiger charge is 2.35. The van der Waals surface area contributed by atoms with Crippen LogP contribution >= 0.6 is 0 Å². The number of hydrogen-bond acceptors (Lipinski definition) is 4. The molecule has 2 heterocycles. The number of nitrogens with zero attached hydrogens (tertiary/aromatic N) is 2. The average Bonchev–Trinajstić information content (AvgIpc) is 2.93. The van der Waals surface area contributed by atoms with Crippen LogP contribution in [0, 0.1) is 0 Å². The summed E-state index contributed by atoms with van der Waals surface area (Å²) in [4.78, 5) is 4.52. The van der Waals surface area contributed by atoms with Crippen LogP contribution in [0.5, 0.6) is 5.75 Å². The van der Waals surface area contributed by atoms with Crippen molar-refractivity contribution >= 4 is 17.0 Å². The molecule has 3 rings (SSSR count).